The molecule has 0 aromatic rings. The van der Waals surface area contributed by atoms with Gasteiger partial charge in [0.15, 0.2) is 0 Å². The van der Waals surface area contributed by atoms with Crippen molar-refractivity contribution >= 4 is 6.09 Å². The normalized spacial score (nSPS) is 11.4. The van der Waals surface area contributed by atoms with Crippen LogP contribution in [0.5, 0.6) is 0 Å². The van der Waals surface area contributed by atoms with Crippen molar-refractivity contribution in [2.24, 2.45) is 0 Å². The Labute approximate surface area is 109 Å². The molecular formula is C10H20NNaO2. The second kappa shape index (κ2) is 11.3. The van der Waals surface area contributed by atoms with E-state index in [-0.39, 0.29) is 35.6 Å². The van der Waals surface area contributed by atoms with Gasteiger partial charge in [-0.25, -0.2) is 0 Å². The quantitative estimate of drug-likeness (QED) is 0.472. The average Bonchev–Trinajstić information content (AvgIpc) is 2.05. The van der Waals surface area contributed by atoms with Crippen LogP contribution in [0.25, 0.3) is 5.32 Å². The van der Waals surface area contributed by atoms with Gasteiger partial charge in [-0.1, -0.05) is 39.5 Å². The standard InChI is InChI=1S/C10H21NO2.Na/c1-4-6-7-8-9(3)11-10(12)13-5-2;/h9H,4-8H2,1-3H3,(H,11,12);/q;+1/p-1. The van der Waals surface area contributed by atoms with Gasteiger partial charge in [0.25, 0.3) is 0 Å². The summed E-state index contributed by atoms with van der Waals surface area (Å²) in [6, 6.07) is 0.102. The first-order valence-electron chi connectivity index (χ1n) is 5.08. The van der Waals surface area contributed by atoms with Crippen LogP contribution in [-0.2, 0) is 4.74 Å². The van der Waals surface area contributed by atoms with Crippen molar-refractivity contribution in [2.75, 3.05) is 6.61 Å². The Hall–Kier alpha value is 0.270. The maximum Gasteiger partial charge on any atom is 1.00 e. The molecule has 0 N–H and O–H groups in total. The van der Waals surface area contributed by atoms with E-state index in [1.54, 1.807) is 6.92 Å². The number of ether oxygens (including phenoxy) is 1. The summed E-state index contributed by atoms with van der Waals surface area (Å²) in [6.07, 6.45) is 4.11. The van der Waals surface area contributed by atoms with E-state index >= 15 is 0 Å². The predicted octanol–water partition coefficient (Wildman–Crippen LogP) is 0.489. The summed E-state index contributed by atoms with van der Waals surface area (Å²) in [5, 5.41) is 3.88. The number of nitrogens with zero attached hydrogens (tertiary/aromatic N) is 1. The van der Waals surface area contributed by atoms with Gasteiger partial charge in [0, 0.05) is 0 Å². The minimum absolute atomic E-state index is 0. The van der Waals surface area contributed by atoms with Crippen LogP contribution >= 0.6 is 0 Å². The molecule has 0 aliphatic heterocycles. The molecule has 14 heavy (non-hydrogen) atoms. The number of unbranched alkanes of at least 4 members (excludes halogenated alkanes) is 2. The maximum absolute atomic E-state index is 10.9. The monoisotopic (exact) mass is 209 g/mol. The topological polar surface area (TPSA) is 40.4 Å². The van der Waals surface area contributed by atoms with Crippen molar-refractivity contribution in [3.05, 3.63) is 5.32 Å². The fourth-order valence-corrected chi connectivity index (χ4v) is 1.09. The Morgan fingerprint density at radius 1 is 1.36 bits per heavy atom. The first kappa shape index (κ1) is 16.7. The van der Waals surface area contributed by atoms with E-state index in [1.165, 1.54) is 12.8 Å². The molecule has 0 saturated carbocycles. The van der Waals surface area contributed by atoms with Crippen LogP contribution < -0.4 is 29.6 Å². The molecule has 0 radical (unpaired) electrons. The number of carbonyl (C=O) groups is 1. The summed E-state index contributed by atoms with van der Waals surface area (Å²) in [4.78, 5) is 10.9. The van der Waals surface area contributed by atoms with Crippen molar-refractivity contribution in [3.8, 4) is 0 Å². The zero-order chi connectivity index (χ0) is 10.1. The smallest absolute Gasteiger partial charge is 0.615 e. The summed E-state index contributed by atoms with van der Waals surface area (Å²) < 4.78 is 4.71. The molecule has 0 heterocycles. The third kappa shape index (κ3) is 10.4. The SMILES string of the molecule is CCCCCC(C)[N-]C(=O)OCC.[Na+]. The summed E-state index contributed by atoms with van der Waals surface area (Å²) in [5.41, 5.74) is 0. The molecule has 0 rings (SSSR count). The summed E-state index contributed by atoms with van der Waals surface area (Å²) >= 11 is 0. The minimum Gasteiger partial charge on any atom is -0.615 e. The van der Waals surface area contributed by atoms with Gasteiger partial charge in [-0.15, -0.1) is 6.04 Å². The molecule has 0 fully saturated rings. The van der Waals surface area contributed by atoms with Crippen LogP contribution in [0.4, 0.5) is 4.79 Å². The van der Waals surface area contributed by atoms with Crippen LogP contribution in [0.15, 0.2) is 0 Å². The number of hydrogen-bond donors (Lipinski definition) is 0. The van der Waals surface area contributed by atoms with E-state index in [4.69, 9.17) is 4.74 Å². The molecular weight excluding hydrogens is 189 g/mol. The number of rotatable bonds is 6. The van der Waals surface area contributed by atoms with Gasteiger partial charge in [0.1, 0.15) is 0 Å². The van der Waals surface area contributed by atoms with Crippen molar-refractivity contribution in [3.63, 3.8) is 0 Å². The Morgan fingerprint density at radius 3 is 2.50 bits per heavy atom. The molecule has 4 heteroatoms. The molecule has 0 aromatic heterocycles. The van der Waals surface area contributed by atoms with Crippen LogP contribution in [0.3, 0.4) is 0 Å². The van der Waals surface area contributed by atoms with Gasteiger partial charge in [0.2, 0.25) is 6.09 Å². The predicted molar refractivity (Wildman–Crippen MR) is 54.0 cm³/mol. The van der Waals surface area contributed by atoms with Crippen LogP contribution in [0.2, 0.25) is 0 Å². The number of amides is 1. The first-order valence-corrected chi connectivity index (χ1v) is 5.08. The van der Waals surface area contributed by atoms with E-state index in [0.717, 1.165) is 12.8 Å². The van der Waals surface area contributed by atoms with Crippen molar-refractivity contribution in [1.29, 1.82) is 0 Å². The zero-order valence-electron chi connectivity index (χ0n) is 9.88. The summed E-state index contributed by atoms with van der Waals surface area (Å²) in [5.74, 6) is 0. The second-order valence-electron chi connectivity index (χ2n) is 3.17. The third-order valence-electron chi connectivity index (χ3n) is 1.82. The van der Waals surface area contributed by atoms with Crippen LogP contribution in [0.1, 0.15) is 46.5 Å². The van der Waals surface area contributed by atoms with E-state index < -0.39 is 6.09 Å². The Kier molecular flexibility index (Phi) is 13.5. The molecule has 1 atom stereocenters. The third-order valence-corrected chi connectivity index (χ3v) is 1.82. The van der Waals surface area contributed by atoms with Gasteiger partial charge < -0.3 is 10.1 Å². The first-order chi connectivity index (χ1) is 6.20. The number of hydrogen-bond acceptors (Lipinski definition) is 2. The van der Waals surface area contributed by atoms with Gasteiger partial charge in [-0.3, -0.25) is 4.79 Å². The summed E-state index contributed by atoms with van der Waals surface area (Å²) in [7, 11) is 0. The van der Waals surface area contributed by atoms with Gasteiger partial charge in [0.05, 0.1) is 6.61 Å². The van der Waals surface area contributed by atoms with Crippen LogP contribution in [0, 0.1) is 0 Å². The molecule has 0 aliphatic rings. The fraction of sp³-hybridized carbons (Fsp3) is 0.900. The van der Waals surface area contributed by atoms with Crippen molar-refractivity contribution in [2.45, 2.75) is 52.5 Å². The second-order valence-corrected chi connectivity index (χ2v) is 3.17. The molecule has 78 valence electrons. The van der Waals surface area contributed by atoms with E-state index in [2.05, 4.69) is 12.2 Å². The fourth-order valence-electron chi connectivity index (χ4n) is 1.09. The maximum atomic E-state index is 10.9. The van der Waals surface area contributed by atoms with Gasteiger partial charge >= 0.3 is 29.6 Å². The van der Waals surface area contributed by atoms with Gasteiger partial charge in [-0.05, 0) is 6.92 Å². The Bertz CT molecular complexity index is 142. The van der Waals surface area contributed by atoms with E-state index in [0.29, 0.717) is 6.61 Å². The average molecular weight is 209 g/mol. The van der Waals surface area contributed by atoms with Crippen LogP contribution in [-0.4, -0.2) is 18.7 Å². The Balaban J connectivity index is 0. The van der Waals surface area contributed by atoms with E-state index in [9.17, 15) is 4.79 Å². The minimum atomic E-state index is -0.425. The number of carbonyl (C=O) groups excluding carboxylic acids is 1. The Morgan fingerprint density at radius 2 is 2.00 bits per heavy atom. The molecule has 1 amide bonds. The largest absolute Gasteiger partial charge is 1.00 e. The molecule has 0 saturated heterocycles. The molecule has 3 nitrogen and oxygen atoms in total. The van der Waals surface area contributed by atoms with Crippen molar-refractivity contribution in [1.82, 2.24) is 0 Å². The van der Waals surface area contributed by atoms with Gasteiger partial charge in [-0.2, -0.15) is 0 Å². The zero-order valence-corrected chi connectivity index (χ0v) is 11.9. The summed E-state index contributed by atoms with van der Waals surface area (Å²) in [6.45, 7) is 6.30. The molecule has 0 aromatic carbocycles. The molecule has 0 aliphatic carbocycles. The molecule has 0 spiro atoms. The van der Waals surface area contributed by atoms with E-state index in [1.807, 2.05) is 6.92 Å². The molecule has 1 unspecified atom stereocenters. The molecule has 0 bridgehead atoms. The van der Waals surface area contributed by atoms with Crippen molar-refractivity contribution < 1.29 is 39.1 Å².